The Kier molecular flexibility index (Phi) is 2.98. The summed E-state index contributed by atoms with van der Waals surface area (Å²) in [5, 5.41) is 0. The highest BCUT2D eigenvalue weighted by molar-refractivity contribution is 5.33. The predicted molar refractivity (Wildman–Crippen MR) is 51.8 cm³/mol. The van der Waals surface area contributed by atoms with E-state index in [-0.39, 0.29) is 5.56 Å². The fourth-order valence-electron chi connectivity index (χ4n) is 1.12. The molecule has 1 rings (SSSR count). The second-order valence-electron chi connectivity index (χ2n) is 3.56. The van der Waals surface area contributed by atoms with Gasteiger partial charge in [0.25, 0.3) is 0 Å². The molecule has 0 aromatic heterocycles. The molecule has 1 atom stereocenters. The Morgan fingerprint density at radius 1 is 1.13 bits per heavy atom. The van der Waals surface area contributed by atoms with Gasteiger partial charge in [0.2, 0.25) is 0 Å². The molecule has 1 aromatic carbocycles. The molecule has 0 spiro atoms. The van der Waals surface area contributed by atoms with Crippen molar-refractivity contribution in [3.8, 4) is 5.75 Å². The first kappa shape index (κ1) is 11.9. The molecule has 0 aliphatic heterocycles. The number of benzene rings is 1. The van der Waals surface area contributed by atoms with E-state index in [1.165, 1.54) is 31.4 Å². The van der Waals surface area contributed by atoms with Gasteiger partial charge < -0.3 is 4.74 Å². The van der Waals surface area contributed by atoms with E-state index in [1.807, 2.05) is 0 Å². The first-order valence-electron chi connectivity index (χ1n) is 4.35. The quantitative estimate of drug-likeness (QED) is 0.738. The zero-order chi connectivity index (χ0) is 11.7. The van der Waals surface area contributed by atoms with E-state index in [0.29, 0.717) is 5.75 Å². The number of methoxy groups -OCH3 is 1. The zero-order valence-electron chi connectivity index (χ0n) is 8.56. The van der Waals surface area contributed by atoms with Gasteiger partial charge in [-0.1, -0.05) is 12.1 Å². The molecule has 1 nitrogen and oxygen atoms in total. The van der Waals surface area contributed by atoms with Gasteiger partial charge in [-0.3, -0.25) is 0 Å². The number of hydrogen-bond acceptors (Lipinski definition) is 1. The molecule has 1 radical (unpaired) electrons. The summed E-state index contributed by atoms with van der Waals surface area (Å²) in [5.74, 6) is 0.525. The van der Waals surface area contributed by atoms with Crippen molar-refractivity contribution in [2.75, 3.05) is 7.11 Å². The highest BCUT2D eigenvalue weighted by Crippen LogP contribution is 2.40. The van der Waals surface area contributed by atoms with Gasteiger partial charge in [0, 0.05) is 0 Å². The largest absolute Gasteiger partial charge is 0.497 e. The maximum Gasteiger partial charge on any atom is 0.398 e. The molecule has 83 valence electrons. The fraction of sp³-hybridized carbons (Fsp3) is 0.364. The highest BCUT2D eigenvalue weighted by atomic mass is 19.4. The smallest absolute Gasteiger partial charge is 0.398 e. The van der Waals surface area contributed by atoms with E-state index in [2.05, 4.69) is 6.92 Å². The van der Waals surface area contributed by atoms with Crippen molar-refractivity contribution in [3.05, 3.63) is 36.8 Å². The van der Waals surface area contributed by atoms with E-state index in [4.69, 9.17) is 4.74 Å². The molecule has 0 aliphatic rings. The standard InChI is InChI=1S/C11H12F3O/c1-10(2,11(12,13)14)8-4-6-9(15-3)7-5-8/h4-7H,1H2,2-3H3. The monoisotopic (exact) mass is 217 g/mol. The van der Waals surface area contributed by atoms with Gasteiger partial charge >= 0.3 is 6.18 Å². The van der Waals surface area contributed by atoms with Gasteiger partial charge in [0.15, 0.2) is 0 Å². The molecule has 0 amide bonds. The molecular formula is C11H12F3O. The van der Waals surface area contributed by atoms with Crippen LogP contribution in [0.15, 0.2) is 24.3 Å². The summed E-state index contributed by atoms with van der Waals surface area (Å²) < 4.78 is 42.7. The fourth-order valence-corrected chi connectivity index (χ4v) is 1.12. The number of ether oxygens (including phenoxy) is 1. The normalized spacial score (nSPS) is 12.7. The van der Waals surface area contributed by atoms with Gasteiger partial charge in [-0.2, -0.15) is 13.2 Å². The Morgan fingerprint density at radius 2 is 1.60 bits per heavy atom. The molecular weight excluding hydrogens is 205 g/mol. The van der Waals surface area contributed by atoms with Gasteiger partial charge in [0.1, 0.15) is 5.75 Å². The van der Waals surface area contributed by atoms with Crippen molar-refractivity contribution >= 4 is 0 Å². The van der Waals surface area contributed by atoms with Crippen LogP contribution in [0.1, 0.15) is 12.5 Å². The first-order valence-corrected chi connectivity index (χ1v) is 4.35. The highest BCUT2D eigenvalue weighted by Gasteiger charge is 2.48. The molecule has 0 bridgehead atoms. The van der Waals surface area contributed by atoms with E-state index < -0.39 is 11.6 Å². The van der Waals surface area contributed by atoms with Crippen LogP contribution in [0.25, 0.3) is 0 Å². The predicted octanol–water partition coefficient (Wildman–Crippen LogP) is 3.35. The second-order valence-corrected chi connectivity index (χ2v) is 3.56. The summed E-state index contributed by atoms with van der Waals surface area (Å²) in [6.45, 7) is 4.25. The summed E-state index contributed by atoms with van der Waals surface area (Å²) >= 11 is 0. The van der Waals surface area contributed by atoms with Crippen LogP contribution in [0, 0.1) is 6.92 Å². The van der Waals surface area contributed by atoms with Crippen LogP contribution in [0.4, 0.5) is 13.2 Å². The Bertz CT molecular complexity index is 325. The lowest BCUT2D eigenvalue weighted by atomic mass is 9.84. The summed E-state index contributed by atoms with van der Waals surface area (Å²) in [5.41, 5.74) is -1.96. The van der Waals surface area contributed by atoms with Crippen LogP contribution in [0.2, 0.25) is 0 Å². The van der Waals surface area contributed by atoms with E-state index >= 15 is 0 Å². The van der Waals surface area contributed by atoms with Crippen molar-refractivity contribution in [2.24, 2.45) is 0 Å². The molecule has 0 heterocycles. The lowest BCUT2D eigenvalue weighted by molar-refractivity contribution is -0.172. The first-order chi connectivity index (χ1) is 6.79. The third-order valence-electron chi connectivity index (χ3n) is 2.35. The SMILES string of the molecule is [CH2]C(C)(c1ccc(OC)cc1)C(F)(F)F. The molecule has 0 saturated heterocycles. The van der Waals surface area contributed by atoms with Crippen molar-refractivity contribution in [3.63, 3.8) is 0 Å². The average Bonchev–Trinajstić information content (AvgIpc) is 2.16. The van der Waals surface area contributed by atoms with Crippen LogP contribution in [-0.4, -0.2) is 13.3 Å². The average molecular weight is 217 g/mol. The van der Waals surface area contributed by atoms with Crippen molar-refractivity contribution < 1.29 is 17.9 Å². The van der Waals surface area contributed by atoms with Crippen molar-refractivity contribution in [1.82, 2.24) is 0 Å². The van der Waals surface area contributed by atoms with Crippen LogP contribution in [0.3, 0.4) is 0 Å². The van der Waals surface area contributed by atoms with E-state index in [0.717, 1.165) is 6.92 Å². The Labute approximate surface area is 86.9 Å². The van der Waals surface area contributed by atoms with Crippen molar-refractivity contribution in [1.29, 1.82) is 0 Å². The number of halogens is 3. The number of alkyl halides is 3. The second kappa shape index (κ2) is 3.76. The molecule has 0 N–H and O–H groups in total. The van der Waals surface area contributed by atoms with E-state index in [1.54, 1.807) is 0 Å². The molecule has 0 saturated carbocycles. The molecule has 1 unspecified atom stereocenters. The zero-order valence-corrected chi connectivity index (χ0v) is 8.56. The minimum absolute atomic E-state index is 0.121. The maximum atomic E-state index is 12.6. The van der Waals surface area contributed by atoms with Gasteiger partial charge in [-0.15, -0.1) is 0 Å². The molecule has 1 aromatic rings. The minimum atomic E-state index is -4.36. The van der Waals surface area contributed by atoms with Gasteiger partial charge in [0.05, 0.1) is 12.5 Å². The van der Waals surface area contributed by atoms with Crippen LogP contribution in [-0.2, 0) is 5.41 Å². The third-order valence-corrected chi connectivity index (χ3v) is 2.35. The number of rotatable bonds is 2. The summed E-state index contributed by atoms with van der Waals surface area (Å²) in [7, 11) is 1.46. The topological polar surface area (TPSA) is 9.23 Å². The molecule has 15 heavy (non-hydrogen) atoms. The molecule has 0 aliphatic carbocycles. The van der Waals surface area contributed by atoms with Crippen molar-refractivity contribution in [2.45, 2.75) is 18.5 Å². The number of hydrogen-bond donors (Lipinski definition) is 0. The summed E-state index contributed by atoms with van der Waals surface area (Å²) in [4.78, 5) is 0. The molecule has 4 heteroatoms. The lowest BCUT2D eigenvalue weighted by Gasteiger charge is -2.28. The molecule has 0 fully saturated rings. The Hall–Kier alpha value is -1.19. The van der Waals surface area contributed by atoms with Crippen LogP contribution in [0.5, 0.6) is 5.75 Å². The third kappa shape index (κ3) is 2.25. The van der Waals surface area contributed by atoms with Gasteiger partial charge in [-0.25, -0.2) is 0 Å². The van der Waals surface area contributed by atoms with Crippen LogP contribution >= 0.6 is 0 Å². The lowest BCUT2D eigenvalue weighted by Crippen LogP contribution is -2.36. The van der Waals surface area contributed by atoms with Crippen LogP contribution < -0.4 is 4.74 Å². The Balaban J connectivity index is 3.06. The van der Waals surface area contributed by atoms with E-state index in [9.17, 15) is 13.2 Å². The summed E-state index contributed by atoms with van der Waals surface area (Å²) in [6, 6.07) is 5.73. The maximum absolute atomic E-state index is 12.6. The van der Waals surface area contributed by atoms with Gasteiger partial charge in [-0.05, 0) is 31.5 Å². The Morgan fingerprint density at radius 3 is 1.93 bits per heavy atom. The minimum Gasteiger partial charge on any atom is -0.497 e. The summed E-state index contributed by atoms with van der Waals surface area (Å²) in [6.07, 6.45) is -4.36.